The number of fused-ring (bicyclic) bond motifs is 1. The Morgan fingerprint density at radius 1 is 1.17 bits per heavy atom. The van der Waals surface area contributed by atoms with Crippen molar-refractivity contribution in [3.63, 3.8) is 0 Å². The highest BCUT2D eigenvalue weighted by Gasteiger charge is 2.15. The molecule has 23 heavy (non-hydrogen) atoms. The number of aryl methyl sites for hydroxylation is 1. The Hall–Kier alpha value is -2.27. The topological polar surface area (TPSA) is 46.1 Å². The molecule has 0 aliphatic carbocycles. The first-order valence-electron chi connectivity index (χ1n) is 7.26. The van der Waals surface area contributed by atoms with Crippen molar-refractivity contribution in [2.45, 2.75) is 13.5 Å². The monoisotopic (exact) mass is 369 g/mol. The van der Waals surface area contributed by atoms with Gasteiger partial charge in [-0.15, -0.1) is 0 Å². The van der Waals surface area contributed by atoms with Crippen LogP contribution in [-0.2, 0) is 6.54 Å². The molecule has 0 bridgehead atoms. The number of hydrogen-bond donors (Lipinski definition) is 0. The average molecular weight is 370 g/mol. The van der Waals surface area contributed by atoms with Gasteiger partial charge in [-0.05, 0) is 46.1 Å². The van der Waals surface area contributed by atoms with Crippen molar-refractivity contribution in [1.29, 1.82) is 0 Å². The molecule has 0 fully saturated rings. The first-order valence-corrected chi connectivity index (χ1v) is 8.06. The van der Waals surface area contributed by atoms with Crippen LogP contribution in [0.4, 0.5) is 0 Å². The lowest BCUT2D eigenvalue weighted by atomic mass is 10.1. The largest absolute Gasteiger partial charge is 0.337 e. The van der Waals surface area contributed by atoms with E-state index in [9.17, 15) is 4.79 Å². The number of carbonyl (C=O) groups excluding carboxylic acids is 1. The Balaban J connectivity index is 1.89. The number of aromatic nitrogens is 2. The van der Waals surface area contributed by atoms with Crippen molar-refractivity contribution < 1.29 is 4.79 Å². The predicted octanol–water partition coefficient (Wildman–Crippen LogP) is 3.97. The summed E-state index contributed by atoms with van der Waals surface area (Å²) in [6.45, 7) is 2.62. The van der Waals surface area contributed by atoms with Crippen molar-refractivity contribution in [2.75, 3.05) is 7.05 Å². The number of amides is 1. The molecule has 3 aromatic rings. The molecule has 1 heterocycles. The molecule has 5 heteroatoms. The molecular formula is C18H16BrN3O. The van der Waals surface area contributed by atoms with E-state index in [0.29, 0.717) is 17.6 Å². The van der Waals surface area contributed by atoms with E-state index in [1.165, 1.54) is 5.56 Å². The second-order valence-electron chi connectivity index (χ2n) is 5.47. The van der Waals surface area contributed by atoms with E-state index < -0.39 is 0 Å². The van der Waals surface area contributed by atoms with Crippen LogP contribution in [0.25, 0.3) is 11.0 Å². The Labute approximate surface area is 143 Å². The second-order valence-corrected chi connectivity index (χ2v) is 6.32. The highest BCUT2D eigenvalue weighted by atomic mass is 79.9. The minimum Gasteiger partial charge on any atom is -0.337 e. The molecule has 0 atom stereocenters. The second kappa shape index (κ2) is 6.46. The van der Waals surface area contributed by atoms with Gasteiger partial charge in [0.25, 0.3) is 5.91 Å². The van der Waals surface area contributed by atoms with Crippen LogP contribution in [-0.4, -0.2) is 27.8 Å². The third-order valence-corrected chi connectivity index (χ3v) is 4.39. The van der Waals surface area contributed by atoms with E-state index in [1.807, 2.05) is 25.2 Å². The first-order chi connectivity index (χ1) is 11.1. The maximum absolute atomic E-state index is 12.7. The van der Waals surface area contributed by atoms with Crippen LogP contribution in [0.1, 0.15) is 21.5 Å². The minimum absolute atomic E-state index is 0.0403. The molecule has 0 aliphatic rings. The fourth-order valence-electron chi connectivity index (χ4n) is 2.49. The van der Waals surface area contributed by atoms with Crippen molar-refractivity contribution in [2.24, 2.45) is 0 Å². The highest BCUT2D eigenvalue weighted by Crippen LogP contribution is 2.23. The third kappa shape index (κ3) is 3.24. The summed E-state index contributed by atoms with van der Waals surface area (Å²) in [5.41, 5.74) is 4.38. The van der Waals surface area contributed by atoms with Crippen LogP contribution in [0.5, 0.6) is 0 Å². The summed E-state index contributed by atoms with van der Waals surface area (Å²) in [5.74, 6) is -0.0403. The molecule has 116 valence electrons. The molecule has 0 aliphatic heterocycles. The first kappa shape index (κ1) is 15.6. The predicted molar refractivity (Wildman–Crippen MR) is 94.2 cm³/mol. The molecule has 1 aromatic heterocycles. The summed E-state index contributed by atoms with van der Waals surface area (Å²) in [6.07, 6.45) is 3.26. The quantitative estimate of drug-likeness (QED) is 0.701. The van der Waals surface area contributed by atoms with Crippen LogP contribution in [0.3, 0.4) is 0 Å². The number of hydrogen-bond acceptors (Lipinski definition) is 3. The Bertz CT molecular complexity index is 879. The fourth-order valence-corrected chi connectivity index (χ4v) is 3.04. The molecule has 0 N–H and O–H groups in total. The number of nitrogens with zero attached hydrogens (tertiary/aromatic N) is 3. The van der Waals surface area contributed by atoms with E-state index in [2.05, 4.69) is 38.9 Å². The summed E-state index contributed by atoms with van der Waals surface area (Å²) in [7, 11) is 1.81. The molecule has 2 aromatic carbocycles. The van der Waals surface area contributed by atoms with Gasteiger partial charge in [0.15, 0.2) is 0 Å². The summed E-state index contributed by atoms with van der Waals surface area (Å²) in [6, 6.07) is 11.7. The number of carbonyl (C=O) groups is 1. The zero-order valence-electron chi connectivity index (χ0n) is 13.0. The Kier molecular flexibility index (Phi) is 4.39. The van der Waals surface area contributed by atoms with Gasteiger partial charge in [0.1, 0.15) is 5.52 Å². The standard InChI is InChI=1S/C18H16BrN3O/c1-12-5-3-4-6-13(12)11-22(2)18(23)14-9-15(19)17-16(10-14)20-7-8-21-17/h3-10H,11H2,1-2H3. The molecule has 0 saturated carbocycles. The van der Waals surface area contributed by atoms with Crippen LogP contribution < -0.4 is 0 Å². The molecule has 0 unspecified atom stereocenters. The van der Waals surface area contributed by atoms with Crippen LogP contribution in [0, 0.1) is 6.92 Å². The van der Waals surface area contributed by atoms with Crippen LogP contribution in [0.15, 0.2) is 53.3 Å². The van der Waals surface area contributed by atoms with E-state index in [0.717, 1.165) is 15.6 Å². The van der Waals surface area contributed by atoms with Gasteiger partial charge in [0, 0.05) is 36.0 Å². The lowest BCUT2D eigenvalue weighted by Crippen LogP contribution is -2.26. The molecule has 0 radical (unpaired) electrons. The molecule has 1 amide bonds. The average Bonchev–Trinajstić information content (AvgIpc) is 2.56. The van der Waals surface area contributed by atoms with Gasteiger partial charge in [-0.1, -0.05) is 24.3 Å². The van der Waals surface area contributed by atoms with Crippen LogP contribution in [0.2, 0.25) is 0 Å². The maximum atomic E-state index is 12.7. The molecule has 3 rings (SSSR count). The lowest BCUT2D eigenvalue weighted by molar-refractivity contribution is 0.0785. The molecular weight excluding hydrogens is 354 g/mol. The van der Waals surface area contributed by atoms with Crippen molar-refractivity contribution >= 4 is 32.9 Å². The minimum atomic E-state index is -0.0403. The van der Waals surface area contributed by atoms with E-state index in [4.69, 9.17) is 0 Å². The molecule has 4 nitrogen and oxygen atoms in total. The number of halogens is 1. The van der Waals surface area contributed by atoms with Gasteiger partial charge in [-0.25, -0.2) is 0 Å². The lowest BCUT2D eigenvalue weighted by Gasteiger charge is -2.19. The van der Waals surface area contributed by atoms with Gasteiger partial charge >= 0.3 is 0 Å². The normalized spacial score (nSPS) is 10.7. The Morgan fingerprint density at radius 2 is 1.91 bits per heavy atom. The number of benzene rings is 2. The van der Waals surface area contributed by atoms with Gasteiger partial charge < -0.3 is 4.90 Å². The zero-order valence-corrected chi connectivity index (χ0v) is 14.5. The summed E-state index contributed by atoms with van der Waals surface area (Å²) >= 11 is 3.47. The number of rotatable bonds is 3. The summed E-state index contributed by atoms with van der Waals surface area (Å²) < 4.78 is 0.774. The Morgan fingerprint density at radius 3 is 2.70 bits per heavy atom. The van der Waals surface area contributed by atoms with Gasteiger partial charge in [0.05, 0.1) is 5.52 Å². The highest BCUT2D eigenvalue weighted by molar-refractivity contribution is 9.10. The summed E-state index contributed by atoms with van der Waals surface area (Å²) in [5, 5.41) is 0. The van der Waals surface area contributed by atoms with E-state index in [1.54, 1.807) is 29.4 Å². The van der Waals surface area contributed by atoms with Gasteiger partial charge in [0.2, 0.25) is 0 Å². The molecule has 0 saturated heterocycles. The van der Waals surface area contributed by atoms with Crippen molar-refractivity contribution in [1.82, 2.24) is 14.9 Å². The van der Waals surface area contributed by atoms with Gasteiger partial charge in [-0.3, -0.25) is 14.8 Å². The zero-order chi connectivity index (χ0) is 16.4. The van der Waals surface area contributed by atoms with Crippen molar-refractivity contribution in [3.8, 4) is 0 Å². The third-order valence-electron chi connectivity index (χ3n) is 3.79. The van der Waals surface area contributed by atoms with E-state index >= 15 is 0 Å². The maximum Gasteiger partial charge on any atom is 0.254 e. The fraction of sp³-hybridized carbons (Fsp3) is 0.167. The summed E-state index contributed by atoms with van der Waals surface area (Å²) in [4.78, 5) is 23.0. The smallest absolute Gasteiger partial charge is 0.254 e. The molecule has 0 spiro atoms. The van der Waals surface area contributed by atoms with Crippen LogP contribution >= 0.6 is 15.9 Å². The van der Waals surface area contributed by atoms with Gasteiger partial charge in [-0.2, -0.15) is 0 Å². The van der Waals surface area contributed by atoms with Crippen molar-refractivity contribution in [3.05, 3.63) is 70.0 Å². The van der Waals surface area contributed by atoms with E-state index in [-0.39, 0.29) is 5.91 Å². The SMILES string of the molecule is Cc1ccccc1CN(C)C(=O)c1cc(Br)c2nccnc2c1.